The van der Waals surface area contributed by atoms with Gasteiger partial charge in [0.1, 0.15) is 10.7 Å². The van der Waals surface area contributed by atoms with E-state index in [9.17, 15) is 12.8 Å². The van der Waals surface area contributed by atoms with Crippen LogP contribution in [0.3, 0.4) is 0 Å². The van der Waals surface area contributed by atoms with Crippen molar-refractivity contribution in [2.24, 2.45) is 0 Å². The zero-order valence-corrected chi connectivity index (χ0v) is 11.2. The van der Waals surface area contributed by atoms with E-state index < -0.39 is 15.8 Å². The Labute approximate surface area is 106 Å². The molecule has 0 saturated heterocycles. The molecule has 0 radical (unpaired) electrons. The first-order valence-electron chi connectivity index (χ1n) is 4.11. The fourth-order valence-electron chi connectivity index (χ4n) is 0.934. The molecule has 0 fully saturated rings. The van der Waals surface area contributed by atoms with E-state index in [-0.39, 0.29) is 16.5 Å². The monoisotopic (exact) mass is 327 g/mol. The molecule has 1 rings (SSSR count). The molecule has 1 N–H and O–H groups in total. The standard InChI is InChI=1S/C9H8BrClFNO2S/c1-6(10)5-13-16(14,15)9-4-7(12)2-3-8(9)11/h2-4,13H,1,5H2. The Morgan fingerprint density at radius 2 is 2.19 bits per heavy atom. The largest absolute Gasteiger partial charge is 0.242 e. The molecule has 0 aliphatic carbocycles. The lowest BCUT2D eigenvalue weighted by molar-refractivity contribution is 0.581. The minimum absolute atomic E-state index is 0.00910. The van der Waals surface area contributed by atoms with Gasteiger partial charge in [-0.05, 0) is 18.2 Å². The molecule has 1 aromatic rings. The predicted octanol–water partition coefficient (Wildman–Crippen LogP) is 2.67. The lowest BCUT2D eigenvalue weighted by atomic mass is 10.3. The molecule has 0 atom stereocenters. The van der Waals surface area contributed by atoms with Crippen LogP contribution in [-0.4, -0.2) is 15.0 Å². The first-order chi connectivity index (χ1) is 7.33. The van der Waals surface area contributed by atoms with E-state index >= 15 is 0 Å². The molecule has 0 bridgehead atoms. The number of nitrogens with one attached hydrogen (secondary N) is 1. The molecule has 0 heterocycles. The molecular formula is C9H8BrClFNO2S. The van der Waals surface area contributed by atoms with Crippen molar-refractivity contribution in [3.63, 3.8) is 0 Å². The van der Waals surface area contributed by atoms with Crippen LogP contribution in [0.1, 0.15) is 0 Å². The first-order valence-corrected chi connectivity index (χ1v) is 6.76. The van der Waals surface area contributed by atoms with Gasteiger partial charge in [0.15, 0.2) is 0 Å². The van der Waals surface area contributed by atoms with Crippen molar-refractivity contribution in [2.75, 3.05) is 6.54 Å². The highest BCUT2D eigenvalue weighted by atomic mass is 79.9. The Balaban J connectivity index is 3.07. The molecule has 0 amide bonds. The van der Waals surface area contributed by atoms with E-state index in [1.807, 2.05) is 0 Å². The third-order valence-corrected chi connectivity index (χ3v) is 3.80. The summed E-state index contributed by atoms with van der Waals surface area (Å²) in [6.45, 7) is 3.48. The summed E-state index contributed by atoms with van der Waals surface area (Å²) in [5, 5.41) is -0.0333. The first kappa shape index (κ1) is 13.6. The van der Waals surface area contributed by atoms with Gasteiger partial charge in [0.25, 0.3) is 0 Å². The van der Waals surface area contributed by atoms with Crippen molar-refractivity contribution < 1.29 is 12.8 Å². The maximum Gasteiger partial charge on any atom is 0.242 e. The van der Waals surface area contributed by atoms with Crippen molar-refractivity contribution in [1.82, 2.24) is 4.72 Å². The van der Waals surface area contributed by atoms with Crippen LogP contribution in [0.4, 0.5) is 4.39 Å². The second-order valence-corrected chi connectivity index (χ2v) is 6.18. The number of halogens is 3. The summed E-state index contributed by atoms with van der Waals surface area (Å²) in [5.41, 5.74) is 0. The highest BCUT2D eigenvalue weighted by Crippen LogP contribution is 2.22. The molecule has 0 aliphatic heterocycles. The molecule has 0 aromatic heterocycles. The van der Waals surface area contributed by atoms with Crippen LogP contribution < -0.4 is 4.72 Å². The van der Waals surface area contributed by atoms with E-state index in [1.54, 1.807) is 0 Å². The van der Waals surface area contributed by atoms with Crippen LogP contribution in [-0.2, 0) is 10.0 Å². The molecule has 88 valence electrons. The van der Waals surface area contributed by atoms with E-state index in [0.717, 1.165) is 12.1 Å². The normalized spacial score (nSPS) is 11.4. The highest BCUT2D eigenvalue weighted by molar-refractivity contribution is 9.11. The molecule has 16 heavy (non-hydrogen) atoms. The zero-order valence-electron chi connectivity index (χ0n) is 8.00. The van der Waals surface area contributed by atoms with Gasteiger partial charge in [-0.1, -0.05) is 34.1 Å². The second kappa shape index (κ2) is 5.27. The van der Waals surface area contributed by atoms with Gasteiger partial charge in [-0.3, -0.25) is 0 Å². The zero-order chi connectivity index (χ0) is 12.3. The van der Waals surface area contributed by atoms with Gasteiger partial charge < -0.3 is 0 Å². The maximum absolute atomic E-state index is 12.9. The quantitative estimate of drug-likeness (QED) is 0.923. The van der Waals surface area contributed by atoms with Crippen LogP contribution in [0.5, 0.6) is 0 Å². The van der Waals surface area contributed by atoms with Crippen LogP contribution in [0.15, 0.2) is 34.2 Å². The molecule has 3 nitrogen and oxygen atoms in total. The Morgan fingerprint density at radius 3 is 2.75 bits per heavy atom. The highest BCUT2D eigenvalue weighted by Gasteiger charge is 2.18. The lowest BCUT2D eigenvalue weighted by Gasteiger charge is -2.07. The number of hydrogen-bond donors (Lipinski definition) is 1. The van der Waals surface area contributed by atoms with E-state index in [2.05, 4.69) is 27.2 Å². The fraction of sp³-hybridized carbons (Fsp3) is 0.111. The average Bonchev–Trinajstić information content (AvgIpc) is 2.19. The van der Waals surface area contributed by atoms with Crippen molar-refractivity contribution in [3.05, 3.63) is 40.1 Å². The molecule has 0 unspecified atom stereocenters. The Morgan fingerprint density at radius 1 is 1.56 bits per heavy atom. The number of sulfonamides is 1. The summed E-state index contributed by atoms with van der Waals surface area (Å²) >= 11 is 8.68. The smallest absolute Gasteiger partial charge is 0.207 e. The summed E-state index contributed by atoms with van der Waals surface area (Å²) < 4.78 is 38.9. The van der Waals surface area contributed by atoms with Crippen molar-refractivity contribution in [2.45, 2.75) is 4.90 Å². The topological polar surface area (TPSA) is 46.2 Å². The molecule has 0 saturated carbocycles. The van der Waals surface area contributed by atoms with Gasteiger partial charge in [-0.25, -0.2) is 17.5 Å². The van der Waals surface area contributed by atoms with Crippen molar-refractivity contribution in [3.8, 4) is 0 Å². The van der Waals surface area contributed by atoms with Gasteiger partial charge in [-0.2, -0.15) is 0 Å². The molecule has 1 aromatic carbocycles. The maximum atomic E-state index is 12.9. The van der Waals surface area contributed by atoms with Crippen LogP contribution in [0.2, 0.25) is 5.02 Å². The van der Waals surface area contributed by atoms with E-state index in [1.165, 1.54) is 6.07 Å². The van der Waals surface area contributed by atoms with Crippen molar-refractivity contribution >= 4 is 37.6 Å². The number of benzene rings is 1. The second-order valence-electron chi connectivity index (χ2n) is 2.92. The van der Waals surface area contributed by atoms with Crippen LogP contribution in [0, 0.1) is 5.82 Å². The third kappa shape index (κ3) is 3.55. The lowest BCUT2D eigenvalue weighted by Crippen LogP contribution is -2.25. The summed E-state index contributed by atoms with van der Waals surface area (Å²) in [7, 11) is -3.82. The summed E-state index contributed by atoms with van der Waals surface area (Å²) in [6.07, 6.45) is 0. The molecule has 0 aliphatic rings. The number of rotatable bonds is 4. The van der Waals surface area contributed by atoms with Gasteiger partial charge in [0.2, 0.25) is 10.0 Å². The Hall–Kier alpha value is -0.430. The number of hydrogen-bond acceptors (Lipinski definition) is 2. The van der Waals surface area contributed by atoms with Crippen LogP contribution >= 0.6 is 27.5 Å². The Bertz CT molecular complexity index is 518. The minimum atomic E-state index is -3.82. The summed E-state index contributed by atoms with van der Waals surface area (Å²) in [5.74, 6) is -0.664. The van der Waals surface area contributed by atoms with Crippen LogP contribution in [0.25, 0.3) is 0 Å². The van der Waals surface area contributed by atoms with Gasteiger partial charge in [0, 0.05) is 11.0 Å². The summed E-state index contributed by atoms with van der Waals surface area (Å²) in [6, 6.07) is 3.14. The van der Waals surface area contributed by atoms with Gasteiger partial charge in [-0.15, -0.1) is 0 Å². The van der Waals surface area contributed by atoms with E-state index in [0.29, 0.717) is 4.48 Å². The molecule has 7 heteroatoms. The molecular weight excluding hydrogens is 321 g/mol. The SMILES string of the molecule is C=C(Br)CNS(=O)(=O)c1cc(F)ccc1Cl. The molecule has 0 spiro atoms. The predicted molar refractivity (Wildman–Crippen MR) is 64.7 cm³/mol. The summed E-state index contributed by atoms with van der Waals surface area (Å²) in [4.78, 5) is -0.289. The minimum Gasteiger partial charge on any atom is -0.207 e. The van der Waals surface area contributed by atoms with Gasteiger partial charge in [0.05, 0.1) is 5.02 Å². The van der Waals surface area contributed by atoms with E-state index in [4.69, 9.17) is 11.6 Å². The average molecular weight is 329 g/mol. The van der Waals surface area contributed by atoms with Gasteiger partial charge >= 0.3 is 0 Å². The van der Waals surface area contributed by atoms with Crippen molar-refractivity contribution in [1.29, 1.82) is 0 Å². The third-order valence-electron chi connectivity index (χ3n) is 1.64. The Kier molecular flexibility index (Phi) is 4.49. The fourth-order valence-corrected chi connectivity index (χ4v) is 2.79.